The predicted octanol–water partition coefficient (Wildman–Crippen LogP) is 3.96. The van der Waals surface area contributed by atoms with E-state index in [-0.39, 0.29) is 11.9 Å². The number of benzene rings is 2. The zero-order chi connectivity index (χ0) is 20.5. The molecule has 0 bridgehead atoms. The normalized spacial score (nSPS) is 11.3. The first-order valence-corrected chi connectivity index (χ1v) is 9.64. The second kappa shape index (κ2) is 7.54. The summed E-state index contributed by atoms with van der Waals surface area (Å²) in [6.07, 6.45) is 4.84. The summed E-state index contributed by atoms with van der Waals surface area (Å²) in [5, 5.41) is 6.67. The fourth-order valence-corrected chi connectivity index (χ4v) is 3.94. The number of aromatic nitrogens is 2. The smallest absolute Gasteiger partial charge is 0.340 e. The zero-order valence-corrected chi connectivity index (χ0v) is 16.8. The number of aryl methyl sites for hydroxylation is 2. The maximum Gasteiger partial charge on any atom is 0.340 e. The van der Waals surface area contributed by atoms with Crippen LogP contribution in [0.15, 0.2) is 42.7 Å². The van der Waals surface area contributed by atoms with Crippen molar-refractivity contribution in [2.45, 2.75) is 26.8 Å². The molecule has 6 nitrogen and oxygen atoms in total. The van der Waals surface area contributed by atoms with Crippen LogP contribution in [0, 0.1) is 6.92 Å². The quantitative estimate of drug-likeness (QED) is 0.414. The van der Waals surface area contributed by atoms with Crippen LogP contribution in [0.5, 0.6) is 0 Å². The largest absolute Gasteiger partial charge is 0.465 e. The molecule has 4 aromatic rings. The maximum absolute atomic E-state index is 12.7. The Morgan fingerprint density at radius 2 is 1.93 bits per heavy atom. The predicted molar refractivity (Wildman–Crippen MR) is 114 cm³/mol. The highest BCUT2D eigenvalue weighted by Gasteiger charge is 2.22. The van der Waals surface area contributed by atoms with Crippen LogP contribution in [0.1, 0.15) is 29.3 Å². The minimum absolute atomic E-state index is 0.0231. The molecule has 2 aromatic heterocycles. The van der Waals surface area contributed by atoms with Gasteiger partial charge in [0.2, 0.25) is 5.91 Å². The number of para-hydroxylation sites is 1. The maximum atomic E-state index is 12.7. The molecule has 0 spiro atoms. The third-order valence-corrected chi connectivity index (χ3v) is 5.30. The van der Waals surface area contributed by atoms with E-state index >= 15 is 0 Å². The molecule has 0 saturated heterocycles. The average molecular weight is 389 g/mol. The van der Waals surface area contributed by atoms with Crippen molar-refractivity contribution in [3.05, 3.63) is 53.9 Å². The van der Waals surface area contributed by atoms with Crippen molar-refractivity contribution in [2.75, 3.05) is 13.7 Å². The van der Waals surface area contributed by atoms with Crippen molar-refractivity contribution in [1.29, 1.82) is 0 Å². The standard InChI is InChI=1S/C23H23N3O3/c1-14-18-13-26(11-6-10-24-15(2)27)12-9-16(18)21(23(28)29-3)22-20(14)17-7-4-5-8-19(17)25-22/h4-5,7-9,12-13H,6,10-11H2,1-3H3,(H,24,27). The highest BCUT2D eigenvalue weighted by molar-refractivity contribution is 6.23. The molecule has 0 unspecified atom stereocenters. The minimum Gasteiger partial charge on any atom is -0.465 e. The molecule has 1 N–H and O–H groups in total. The summed E-state index contributed by atoms with van der Waals surface area (Å²) < 4.78 is 7.18. The van der Waals surface area contributed by atoms with E-state index in [9.17, 15) is 9.59 Å². The number of methoxy groups -OCH3 is 1. The molecular weight excluding hydrogens is 366 g/mol. The van der Waals surface area contributed by atoms with Crippen molar-refractivity contribution in [3.8, 4) is 0 Å². The zero-order valence-electron chi connectivity index (χ0n) is 16.8. The van der Waals surface area contributed by atoms with Crippen LogP contribution in [0.4, 0.5) is 0 Å². The number of nitrogens with zero attached hydrogens (tertiary/aromatic N) is 2. The number of nitrogens with one attached hydrogen (secondary N) is 1. The van der Waals surface area contributed by atoms with Gasteiger partial charge in [-0.05, 0) is 31.0 Å². The number of fused-ring (bicyclic) bond motifs is 4. The third kappa shape index (κ3) is 3.31. The lowest BCUT2D eigenvalue weighted by Gasteiger charge is -2.14. The van der Waals surface area contributed by atoms with Crippen LogP contribution >= 0.6 is 0 Å². The molecular formula is C23H23N3O3. The Morgan fingerprint density at radius 3 is 2.69 bits per heavy atom. The van der Waals surface area contributed by atoms with Gasteiger partial charge < -0.3 is 14.6 Å². The first-order chi connectivity index (χ1) is 14.0. The summed E-state index contributed by atoms with van der Waals surface area (Å²) in [5.74, 6) is -0.406. The molecule has 6 heteroatoms. The Labute approximate surface area is 168 Å². The molecule has 0 saturated carbocycles. The fourth-order valence-electron chi connectivity index (χ4n) is 3.94. The summed E-state index contributed by atoms with van der Waals surface area (Å²) in [6.45, 7) is 4.98. The lowest BCUT2D eigenvalue weighted by Crippen LogP contribution is -2.21. The highest BCUT2D eigenvalue weighted by Crippen LogP contribution is 2.37. The number of pyridine rings is 1. The van der Waals surface area contributed by atoms with Crippen molar-refractivity contribution >= 4 is 44.5 Å². The van der Waals surface area contributed by atoms with E-state index in [4.69, 9.17) is 9.72 Å². The van der Waals surface area contributed by atoms with E-state index in [1.807, 2.05) is 36.5 Å². The van der Waals surface area contributed by atoms with Crippen molar-refractivity contribution in [2.24, 2.45) is 0 Å². The summed E-state index contributed by atoms with van der Waals surface area (Å²) in [6, 6.07) is 9.88. The fraction of sp³-hybridized carbons (Fsp3) is 0.261. The number of ether oxygens (including phenoxy) is 1. The molecule has 0 aliphatic carbocycles. The van der Waals surface area contributed by atoms with Gasteiger partial charge in [-0.15, -0.1) is 0 Å². The van der Waals surface area contributed by atoms with Gasteiger partial charge in [0.25, 0.3) is 0 Å². The second-order valence-corrected chi connectivity index (χ2v) is 7.19. The van der Waals surface area contributed by atoms with E-state index in [1.54, 1.807) is 0 Å². The Kier molecular flexibility index (Phi) is 4.92. The van der Waals surface area contributed by atoms with Gasteiger partial charge in [-0.2, -0.15) is 0 Å². The number of esters is 1. The molecule has 0 fully saturated rings. The summed E-state index contributed by atoms with van der Waals surface area (Å²) in [5.41, 5.74) is 3.15. The van der Waals surface area contributed by atoms with E-state index in [0.29, 0.717) is 17.6 Å². The Balaban J connectivity index is 1.91. The van der Waals surface area contributed by atoms with E-state index in [1.165, 1.54) is 14.0 Å². The number of rotatable bonds is 5. The van der Waals surface area contributed by atoms with Gasteiger partial charge in [-0.25, -0.2) is 9.78 Å². The van der Waals surface area contributed by atoms with Crippen LogP contribution in [0.2, 0.25) is 0 Å². The lowest BCUT2D eigenvalue weighted by atomic mass is 9.96. The van der Waals surface area contributed by atoms with E-state index in [2.05, 4.69) is 23.0 Å². The van der Waals surface area contributed by atoms with Gasteiger partial charge in [-0.3, -0.25) is 4.79 Å². The molecule has 4 rings (SSSR count). The van der Waals surface area contributed by atoms with Gasteiger partial charge in [0, 0.05) is 54.0 Å². The van der Waals surface area contributed by atoms with E-state index < -0.39 is 0 Å². The molecule has 0 radical (unpaired) electrons. The van der Waals surface area contributed by atoms with Crippen LogP contribution in [0.3, 0.4) is 0 Å². The van der Waals surface area contributed by atoms with Crippen molar-refractivity contribution < 1.29 is 14.3 Å². The number of carbonyl (C=O) groups is 2. The second-order valence-electron chi connectivity index (χ2n) is 7.19. The Hall–Kier alpha value is -3.41. The molecule has 148 valence electrons. The number of amides is 1. The number of hydrogen-bond donors (Lipinski definition) is 1. The molecule has 2 aromatic carbocycles. The van der Waals surface area contributed by atoms with E-state index in [0.717, 1.165) is 45.6 Å². The van der Waals surface area contributed by atoms with Gasteiger partial charge in [0.1, 0.15) is 0 Å². The van der Waals surface area contributed by atoms with Gasteiger partial charge in [0.15, 0.2) is 0 Å². The average Bonchev–Trinajstić information content (AvgIpc) is 3.10. The number of carbonyl (C=O) groups excluding carboxylic acids is 2. The molecule has 0 aliphatic heterocycles. The van der Waals surface area contributed by atoms with Crippen LogP contribution in [-0.2, 0) is 16.1 Å². The number of hydrogen-bond acceptors (Lipinski definition) is 4. The summed E-state index contributed by atoms with van der Waals surface area (Å²) in [7, 11) is 1.40. The summed E-state index contributed by atoms with van der Waals surface area (Å²) in [4.78, 5) is 28.5. The van der Waals surface area contributed by atoms with Gasteiger partial charge in [0.05, 0.1) is 23.7 Å². The monoisotopic (exact) mass is 389 g/mol. The molecule has 0 aliphatic rings. The van der Waals surface area contributed by atoms with Crippen LogP contribution in [-0.4, -0.2) is 35.1 Å². The van der Waals surface area contributed by atoms with Crippen LogP contribution < -0.4 is 5.32 Å². The van der Waals surface area contributed by atoms with Crippen LogP contribution in [0.25, 0.3) is 32.6 Å². The SMILES string of the molecule is COC(=O)c1c2ccn(CCCNC(C)=O)cc2c(C)c2c1nc1ccccc12. The molecule has 2 heterocycles. The van der Waals surface area contributed by atoms with Gasteiger partial charge in [-0.1, -0.05) is 18.2 Å². The van der Waals surface area contributed by atoms with Gasteiger partial charge >= 0.3 is 5.97 Å². The Morgan fingerprint density at radius 1 is 1.14 bits per heavy atom. The third-order valence-electron chi connectivity index (χ3n) is 5.30. The molecule has 1 amide bonds. The first-order valence-electron chi connectivity index (χ1n) is 9.64. The topological polar surface area (TPSA) is 73.2 Å². The molecule has 0 atom stereocenters. The summed E-state index contributed by atoms with van der Waals surface area (Å²) >= 11 is 0. The molecule has 29 heavy (non-hydrogen) atoms. The Bertz CT molecular complexity index is 1260. The lowest BCUT2D eigenvalue weighted by molar-refractivity contribution is -0.118. The van der Waals surface area contributed by atoms with Crippen molar-refractivity contribution in [3.63, 3.8) is 0 Å². The highest BCUT2D eigenvalue weighted by atomic mass is 16.5. The minimum atomic E-state index is -0.383. The first kappa shape index (κ1) is 18.9. The van der Waals surface area contributed by atoms with Crippen molar-refractivity contribution in [1.82, 2.24) is 14.9 Å².